The normalized spacial score (nSPS) is 12.7. The maximum absolute atomic E-state index is 13.5. The van der Waals surface area contributed by atoms with Gasteiger partial charge in [-0.05, 0) is 79.9 Å². The van der Waals surface area contributed by atoms with E-state index in [1.807, 2.05) is 26.8 Å². The maximum Gasteiger partial charge on any atom is 0.264 e. The van der Waals surface area contributed by atoms with Gasteiger partial charge < -0.3 is 9.47 Å². The van der Waals surface area contributed by atoms with Gasteiger partial charge in [0.1, 0.15) is 6.54 Å². The van der Waals surface area contributed by atoms with Crippen LogP contribution in [0.2, 0.25) is 0 Å². The molecule has 0 bridgehead atoms. The zero-order chi connectivity index (χ0) is 24.3. The minimum absolute atomic E-state index is 0.105. The summed E-state index contributed by atoms with van der Waals surface area (Å²) in [5.74, 6) is 0.666. The highest BCUT2D eigenvalue weighted by atomic mass is 32.2. The smallest absolute Gasteiger partial charge is 0.264 e. The fourth-order valence-corrected chi connectivity index (χ4v) is 4.99. The molecule has 1 heterocycles. The van der Waals surface area contributed by atoms with E-state index in [2.05, 4.69) is 10.5 Å². The summed E-state index contributed by atoms with van der Waals surface area (Å²) in [5.41, 5.74) is 6.24. The van der Waals surface area contributed by atoms with E-state index < -0.39 is 22.5 Å². The first-order valence-corrected chi connectivity index (χ1v) is 12.1. The molecule has 0 saturated carbocycles. The zero-order valence-corrected chi connectivity index (χ0v) is 19.9. The Morgan fingerprint density at radius 3 is 2.32 bits per heavy atom. The van der Waals surface area contributed by atoms with E-state index in [1.54, 1.807) is 42.5 Å². The highest BCUT2D eigenvalue weighted by Gasteiger charge is 2.27. The minimum atomic E-state index is -3.99. The second-order valence-electron chi connectivity index (χ2n) is 8.08. The van der Waals surface area contributed by atoms with Gasteiger partial charge in [-0.1, -0.05) is 23.8 Å². The van der Waals surface area contributed by atoms with Crippen LogP contribution in [0.3, 0.4) is 0 Å². The Morgan fingerprint density at radius 2 is 1.62 bits per heavy atom. The lowest BCUT2D eigenvalue weighted by Crippen LogP contribution is -2.39. The van der Waals surface area contributed by atoms with Gasteiger partial charge in [-0.2, -0.15) is 5.10 Å². The monoisotopic (exact) mass is 479 g/mol. The van der Waals surface area contributed by atoms with Crippen molar-refractivity contribution in [1.82, 2.24) is 5.43 Å². The highest BCUT2D eigenvalue weighted by Crippen LogP contribution is 2.32. The number of nitrogens with one attached hydrogen (secondary N) is 1. The largest absolute Gasteiger partial charge is 0.454 e. The number of rotatable bonds is 7. The molecule has 0 saturated heterocycles. The third kappa shape index (κ3) is 5.20. The number of sulfonamides is 1. The van der Waals surface area contributed by atoms with Gasteiger partial charge in [0.15, 0.2) is 11.5 Å². The van der Waals surface area contributed by atoms with E-state index in [1.165, 1.54) is 18.3 Å². The molecule has 1 N–H and O–H groups in total. The van der Waals surface area contributed by atoms with Gasteiger partial charge >= 0.3 is 0 Å². The summed E-state index contributed by atoms with van der Waals surface area (Å²) < 4.78 is 38.7. The number of hydrogen-bond donors (Lipinski definition) is 1. The molecule has 4 rings (SSSR count). The van der Waals surface area contributed by atoms with Crippen LogP contribution in [0, 0.1) is 20.8 Å². The van der Waals surface area contributed by atoms with Crippen LogP contribution in [-0.2, 0) is 14.8 Å². The van der Waals surface area contributed by atoms with E-state index >= 15 is 0 Å². The van der Waals surface area contributed by atoms with Crippen molar-refractivity contribution in [3.8, 4) is 11.5 Å². The molecule has 0 fully saturated rings. The molecule has 8 nitrogen and oxygen atoms in total. The second kappa shape index (κ2) is 9.56. The first kappa shape index (κ1) is 23.3. The van der Waals surface area contributed by atoms with Crippen molar-refractivity contribution >= 4 is 27.8 Å². The third-order valence-corrected chi connectivity index (χ3v) is 6.98. The molecular weight excluding hydrogens is 454 g/mol. The van der Waals surface area contributed by atoms with E-state index in [9.17, 15) is 13.2 Å². The van der Waals surface area contributed by atoms with Crippen molar-refractivity contribution < 1.29 is 22.7 Å². The molecular formula is C25H25N3O5S. The van der Waals surface area contributed by atoms with Gasteiger partial charge in [0.2, 0.25) is 6.79 Å². The molecule has 0 unspecified atom stereocenters. The van der Waals surface area contributed by atoms with Crippen LogP contribution in [-0.4, -0.2) is 33.9 Å². The minimum Gasteiger partial charge on any atom is -0.454 e. The summed E-state index contributed by atoms with van der Waals surface area (Å²) in [4.78, 5) is 12.8. The molecule has 0 aromatic heterocycles. The Bertz CT molecular complexity index is 1330. The van der Waals surface area contributed by atoms with Crippen LogP contribution in [0.25, 0.3) is 0 Å². The lowest BCUT2D eigenvalue weighted by Gasteiger charge is -2.24. The average molecular weight is 480 g/mol. The fourth-order valence-electron chi connectivity index (χ4n) is 3.59. The molecule has 0 radical (unpaired) electrons. The van der Waals surface area contributed by atoms with Crippen molar-refractivity contribution in [3.05, 3.63) is 82.9 Å². The molecule has 1 aliphatic heterocycles. The van der Waals surface area contributed by atoms with E-state index in [0.29, 0.717) is 22.7 Å². The molecule has 0 atom stereocenters. The van der Waals surface area contributed by atoms with Crippen molar-refractivity contribution in [1.29, 1.82) is 0 Å². The third-order valence-electron chi connectivity index (χ3n) is 5.19. The van der Waals surface area contributed by atoms with Crippen LogP contribution < -0.4 is 19.2 Å². The quantitative estimate of drug-likeness (QED) is 0.412. The van der Waals surface area contributed by atoms with Gasteiger partial charge in [0, 0.05) is 0 Å². The number of carbonyl (C=O) groups is 1. The molecule has 34 heavy (non-hydrogen) atoms. The zero-order valence-electron chi connectivity index (χ0n) is 19.1. The number of benzene rings is 3. The van der Waals surface area contributed by atoms with Gasteiger partial charge in [0.25, 0.3) is 15.9 Å². The number of nitrogens with zero attached hydrogens (tertiary/aromatic N) is 2. The number of hydrazone groups is 1. The van der Waals surface area contributed by atoms with Crippen LogP contribution in [0.15, 0.2) is 70.7 Å². The first-order valence-electron chi connectivity index (χ1n) is 10.6. The summed E-state index contributed by atoms with van der Waals surface area (Å²) in [7, 11) is -3.99. The number of ether oxygens (including phenoxy) is 2. The van der Waals surface area contributed by atoms with Crippen molar-refractivity contribution in [2.24, 2.45) is 5.10 Å². The number of aryl methyl sites for hydroxylation is 3. The summed E-state index contributed by atoms with van der Waals surface area (Å²) in [6, 6.07) is 17.2. The molecule has 3 aromatic carbocycles. The summed E-state index contributed by atoms with van der Waals surface area (Å²) in [6.07, 6.45) is 1.45. The van der Waals surface area contributed by atoms with Crippen molar-refractivity contribution in [3.63, 3.8) is 0 Å². The number of carbonyl (C=O) groups excluding carboxylic acids is 1. The highest BCUT2D eigenvalue weighted by molar-refractivity contribution is 7.92. The number of fused-ring (bicyclic) bond motifs is 1. The molecule has 0 aliphatic carbocycles. The SMILES string of the molecule is Cc1ccc(S(=O)(=O)N(CC(=O)N/N=C\c2ccc3c(c2)OCO3)c2cc(C)cc(C)c2)cc1. The molecule has 176 valence electrons. The first-order chi connectivity index (χ1) is 16.2. The van der Waals surface area contributed by atoms with Gasteiger partial charge in [-0.25, -0.2) is 13.8 Å². The molecule has 1 amide bonds. The van der Waals surface area contributed by atoms with E-state index in [-0.39, 0.29) is 11.7 Å². The number of hydrogen-bond acceptors (Lipinski definition) is 6. The topological polar surface area (TPSA) is 97.3 Å². The number of anilines is 1. The van der Waals surface area contributed by atoms with Crippen molar-refractivity contribution in [2.45, 2.75) is 25.7 Å². The maximum atomic E-state index is 13.5. The Balaban J connectivity index is 1.56. The van der Waals surface area contributed by atoms with Gasteiger partial charge in [0.05, 0.1) is 16.8 Å². The predicted octanol–water partition coefficient (Wildman–Crippen LogP) is 3.69. The van der Waals surface area contributed by atoms with Gasteiger partial charge in [-0.15, -0.1) is 0 Å². The van der Waals surface area contributed by atoms with Crippen LogP contribution >= 0.6 is 0 Å². The van der Waals surface area contributed by atoms with E-state index in [0.717, 1.165) is 21.0 Å². The Labute approximate surface area is 198 Å². The van der Waals surface area contributed by atoms with E-state index in [4.69, 9.17) is 9.47 Å². The lowest BCUT2D eigenvalue weighted by atomic mass is 10.1. The second-order valence-corrected chi connectivity index (χ2v) is 9.94. The van der Waals surface area contributed by atoms with Crippen LogP contribution in [0.1, 0.15) is 22.3 Å². The Kier molecular flexibility index (Phi) is 6.56. The summed E-state index contributed by atoms with van der Waals surface area (Å²) in [6.45, 7) is 5.36. The van der Waals surface area contributed by atoms with Gasteiger partial charge in [-0.3, -0.25) is 9.10 Å². The fraction of sp³-hybridized carbons (Fsp3) is 0.200. The summed E-state index contributed by atoms with van der Waals surface area (Å²) >= 11 is 0. The molecule has 3 aromatic rings. The number of amides is 1. The predicted molar refractivity (Wildman–Crippen MR) is 130 cm³/mol. The Hall–Kier alpha value is -3.85. The molecule has 0 spiro atoms. The molecule has 1 aliphatic rings. The van der Waals surface area contributed by atoms with Crippen LogP contribution in [0.5, 0.6) is 11.5 Å². The standard InChI is InChI=1S/C25H25N3O5S/c1-17-4-7-22(8-5-17)34(30,31)28(21-11-18(2)10-19(3)12-21)15-25(29)27-26-14-20-6-9-23-24(13-20)33-16-32-23/h4-14H,15-16H2,1-3H3,(H,27,29)/b26-14-. The Morgan fingerprint density at radius 1 is 0.941 bits per heavy atom. The summed E-state index contributed by atoms with van der Waals surface area (Å²) in [5, 5.41) is 3.97. The molecule has 9 heteroatoms. The van der Waals surface area contributed by atoms with Crippen molar-refractivity contribution in [2.75, 3.05) is 17.6 Å². The lowest BCUT2D eigenvalue weighted by molar-refractivity contribution is -0.119. The average Bonchev–Trinajstić information content (AvgIpc) is 3.25. The van der Waals surface area contributed by atoms with Crippen LogP contribution in [0.4, 0.5) is 5.69 Å².